The van der Waals surface area contributed by atoms with Gasteiger partial charge in [-0.1, -0.05) is 13.8 Å². The van der Waals surface area contributed by atoms with E-state index >= 15 is 0 Å². The summed E-state index contributed by atoms with van der Waals surface area (Å²) in [5, 5.41) is 2.71. The van der Waals surface area contributed by atoms with Crippen LogP contribution in [-0.4, -0.2) is 54.5 Å². The zero-order chi connectivity index (χ0) is 21.6. The van der Waals surface area contributed by atoms with Gasteiger partial charge >= 0.3 is 5.97 Å². The highest BCUT2D eigenvalue weighted by Crippen LogP contribution is 2.22. The number of nitrogens with zero attached hydrogens (tertiary/aromatic N) is 1. The Hall–Kier alpha value is -2.57. The van der Waals surface area contributed by atoms with Crippen LogP contribution in [0.25, 0.3) is 0 Å². The van der Waals surface area contributed by atoms with Crippen molar-refractivity contribution in [1.82, 2.24) is 10.2 Å². The van der Waals surface area contributed by atoms with Crippen LogP contribution in [0.5, 0.6) is 5.75 Å². The molecule has 1 aliphatic heterocycles. The second-order valence-corrected chi connectivity index (χ2v) is 7.96. The number of carbonyl (C=O) groups excluding carboxylic acids is 3. The van der Waals surface area contributed by atoms with Crippen molar-refractivity contribution in [3.63, 3.8) is 0 Å². The van der Waals surface area contributed by atoms with Crippen LogP contribution >= 0.6 is 0 Å². The number of rotatable bonds is 7. The van der Waals surface area contributed by atoms with Gasteiger partial charge in [0.15, 0.2) is 6.61 Å². The fourth-order valence-corrected chi connectivity index (χ4v) is 3.67. The Kier molecular flexibility index (Phi) is 8.05. The Morgan fingerprint density at radius 2 is 1.69 bits per heavy atom. The van der Waals surface area contributed by atoms with Crippen LogP contribution in [0.2, 0.25) is 0 Å². The predicted molar refractivity (Wildman–Crippen MR) is 110 cm³/mol. The summed E-state index contributed by atoms with van der Waals surface area (Å²) in [5.41, 5.74) is 0.413. The van der Waals surface area contributed by atoms with Crippen molar-refractivity contribution in [2.75, 3.05) is 13.7 Å². The third-order valence-corrected chi connectivity index (χ3v) is 5.38. The van der Waals surface area contributed by atoms with Crippen LogP contribution in [0.1, 0.15) is 57.3 Å². The van der Waals surface area contributed by atoms with Gasteiger partial charge < -0.3 is 19.7 Å². The summed E-state index contributed by atoms with van der Waals surface area (Å²) < 4.78 is 10.4. The number of hydrogen-bond donors (Lipinski definition) is 1. The van der Waals surface area contributed by atoms with Crippen LogP contribution in [0.3, 0.4) is 0 Å². The second-order valence-electron chi connectivity index (χ2n) is 7.96. The van der Waals surface area contributed by atoms with Gasteiger partial charge in [0.1, 0.15) is 11.8 Å². The second kappa shape index (κ2) is 10.3. The lowest BCUT2D eigenvalue weighted by atomic mass is 9.97. The van der Waals surface area contributed by atoms with E-state index in [-0.39, 0.29) is 36.4 Å². The average molecular weight is 405 g/mol. The molecule has 160 valence electrons. The first kappa shape index (κ1) is 22.7. The molecular formula is C22H32N2O5. The van der Waals surface area contributed by atoms with E-state index in [0.717, 1.165) is 19.3 Å². The first-order valence-corrected chi connectivity index (χ1v) is 10.2. The highest BCUT2D eigenvalue weighted by atomic mass is 16.5. The van der Waals surface area contributed by atoms with Crippen molar-refractivity contribution in [3.05, 3.63) is 29.8 Å². The molecular weight excluding hydrogens is 372 g/mol. The summed E-state index contributed by atoms with van der Waals surface area (Å²) in [6.07, 6.45) is 3.01. The lowest BCUT2D eigenvalue weighted by Crippen LogP contribution is -2.50. The van der Waals surface area contributed by atoms with Gasteiger partial charge in [0.05, 0.1) is 7.11 Å². The van der Waals surface area contributed by atoms with Crippen LogP contribution in [0.4, 0.5) is 0 Å². The van der Waals surface area contributed by atoms with Gasteiger partial charge in [-0.2, -0.15) is 0 Å². The summed E-state index contributed by atoms with van der Waals surface area (Å²) in [5.74, 6) is -0.726. The molecule has 1 saturated heterocycles. The molecule has 0 aliphatic carbocycles. The van der Waals surface area contributed by atoms with Gasteiger partial charge in [-0.15, -0.1) is 0 Å². The van der Waals surface area contributed by atoms with E-state index in [4.69, 9.17) is 9.47 Å². The average Bonchev–Trinajstić information content (AvgIpc) is 2.69. The highest BCUT2D eigenvalue weighted by molar-refractivity contribution is 5.97. The molecule has 1 aromatic carbocycles. The number of piperidine rings is 1. The van der Waals surface area contributed by atoms with E-state index in [0.29, 0.717) is 11.3 Å². The fraction of sp³-hybridized carbons (Fsp3) is 0.591. The Morgan fingerprint density at radius 3 is 2.21 bits per heavy atom. The van der Waals surface area contributed by atoms with Gasteiger partial charge in [0.2, 0.25) is 0 Å². The quantitative estimate of drug-likeness (QED) is 0.707. The molecule has 2 amide bonds. The van der Waals surface area contributed by atoms with Crippen LogP contribution in [-0.2, 0) is 14.3 Å². The maximum Gasteiger partial charge on any atom is 0.329 e. The Labute approximate surface area is 172 Å². The molecule has 0 saturated carbocycles. The largest absolute Gasteiger partial charge is 0.497 e. The maximum absolute atomic E-state index is 12.6. The summed E-state index contributed by atoms with van der Waals surface area (Å²) in [6, 6.07) is 6.04. The fourth-order valence-electron chi connectivity index (χ4n) is 3.67. The molecule has 7 heteroatoms. The Balaban J connectivity index is 1.96. The molecule has 1 heterocycles. The zero-order valence-corrected chi connectivity index (χ0v) is 17.9. The zero-order valence-electron chi connectivity index (χ0n) is 17.9. The molecule has 2 rings (SSSR count). The van der Waals surface area contributed by atoms with E-state index in [1.54, 1.807) is 36.3 Å². The number of hydrogen-bond acceptors (Lipinski definition) is 5. The number of benzene rings is 1. The van der Waals surface area contributed by atoms with Crippen molar-refractivity contribution >= 4 is 17.8 Å². The number of carbonyl (C=O) groups is 3. The van der Waals surface area contributed by atoms with Crippen LogP contribution in [0, 0.1) is 5.92 Å². The maximum atomic E-state index is 12.6. The van der Waals surface area contributed by atoms with Gasteiger partial charge in [0.25, 0.3) is 11.8 Å². The van der Waals surface area contributed by atoms with E-state index in [2.05, 4.69) is 5.32 Å². The Bertz CT molecular complexity index is 706. The number of likely N-dealkylation sites (tertiary alicyclic amines) is 1. The molecule has 7 nitrogen and oxygen atoms in total. The van der Waals surface area contributed by atoms with E-state index < -0.39 is 12.0 Å². The first-order valence-electron chi connectivity index (χ1n) is 10.2. The minimum absolute atomic E-state index is 0.139. The van der Waals surface area contributed by atoms with E-state index in [9.17, 15) is 14.4 Å². The van der Waals surface area contributed by atoms with Crippen molar-refractivity contribution in [1.29, 1.82) is 0 Å². The molecule has 0 spiro atoms. The SMILES string of the molecule is COc1ccc(C(=O)N[C@H](C(=O)OCC(=O)N2[C@@H](C)CCC[C@@H]2C)C(C)C)cc1. The molecule has 1 aromatic rings. The molecule has 29 heavy (non-hydrogen) atoms. The number of methoxy groups -OCH3 is 1. The molecule has 0 bridgehead atoms. The summed E-state index contributed by atoms with van der Waals surface area (Å²) in [6.45, 7) is 7.35. The van der Waals surface area contributed by atoms with Gasteiger partial charge in [0, 0.05) is 17.6 Å². The number of ether oxygens (including phenoxy) is 2. The normalized spacial score (nSPS) is 20.1. The Morgan fingerprint density at radius 1 is 1.10 bits per heavy atom. The van der Waals surface area contributed by atoms with Gasteiger partial charge in [-0.3, -0.25) is 9.59 Å². The summed E-state index contributed by atoms with van der Waals surface area (Å²) in [4.78, 5) is 39.4. The third-order valence-electron chi connectivity index (χ3n) is 5.38. The number of amides is 2. The molecule has 3 atom stereocenters. The van der Waals surface area contributed by atoms with Crippen LogP contribution in [0.15, 0.2) is 24.3 Å². The minimum atomic E-state index is -0.839. The molecule has 1 aliphatic rings. The van der Waals surface area contributed by atoms with Crippen molar-refractivity contribution in [2.24, 2.45) is 5.92 Å². The van der Waals surface area contributed by atoms with Crippen LogP contribution < -0.4 is 10.1 Å². The highest BCUT2D eigenvalue weighted by Gasteiger charge is 2.31. The molecule has 1 fully saturated rings. The smallest absolute Gasteiger partial charge is 0.329 e. The standard InChI is InChI=1S/C22H32N2O5/c1-14(2)20(23-21(26)17-9-11-18(28-5)12-10-17)22(27)29-13-19(25)24-15(3)7-6-8-16(24)4/h9-12,14-16,20H,6-8,13H2,1-5H3,(H,23,26)/t15-,16-,20-/m0/s1. The van der Waals surface area contributed by atoms with Crippen molar-refractivity contribution < 1.29 is 23.9 Å². The third kappa shape index (κ3) is 5.95. The number of esters is 1. The summed E-state index contributed by atoms with van der Waals surface area (Å²) >= 11 is 0. The van der Waals surface area contributed by atoms with Crippen molar-refractivity contribution in [2.45, 2.75) is 65.1 Å². The number of nitrogens with one attached hydrogen (secondary N) is 1. The van der Waals surface area contributed by atoms with Gasteiger partial charge in [-0.25, -0.2) is 4.79 Å². The molecule has 0 aromatic heterocycles. The first-order chi connectivity index (χ1) is 13.7. The van der Waals surface area contributed by atoms with E-state index in [1.165, 1.54) is 0 Å². The lowest BCUT2D eigenvalue weighted by molar-refractivity contribution is -0.157. The lowest BCUT2D eigenvalue weighted by Gasteiger charge is -2.39. The van der Waals surface area contributed by atoms with Crippen molar-refractivity contribution in [3.8, 4) is 5.75 Å². The van der Waals surface area contributed by atoms with Gasteiger partial charge in [-0.05, 0) is 63.3 Å². The predicted octanol–water partition coefficient (Wildman–Crippen LogP) is 2.78. The molecule has 0 unspecified atom stereocenters. The monoisotopic (exact) mass is 404 g/mol. The topological polar surface area (TPSA) is 84.9 Å². The summed E-state index contributed by atoms with van der Waals surface area (Å²) in [7, 11) is 1.55. The minimum Gasteiger partial charge on any atom is -0.497 e. The van der Waals surface area contributed by atoms with E-state index in [1.807, 2.05) is 27.7 Å². The molecule has 0 radical (unpaired) electrons. The molecule has 1 N–H and O–H groups in total.